The number of amides is 2. The molecule has 1 aromatic carbocycles. The second-order valence-electron chi connectivity index (χ2n) is 8.56. The SMILES string of the molecule is CC1CC(C(=O)N(C)C2C[C@H](NC(=O)COc3ccc(Cl)c(F)c3)C3CCC32)ON1. The third kappa shape index (κ3) is 4.26. The second kappa shape index (κ2) is 8.69. The molecule has 164 valence electrons. The maximum absolute atomic E-state index is 13.5. The Bertz CT molecular complexity index is 825. The van der Waals surface area contributed by atoms with Gasteiger partial charge in [-0.25, -0.2) is 4.39 Å². The molecule has 0 bridgehead atoms. The first kappa shape index (κ1) is 21.3. The van der Waals surface area contributed by atoms with Crippen molar-refractivity contribution in [3.8, 4) is 5.75 Å². The van der Waals surface area contributed by atoms with Crippen LogP contribution in [0.2, 0.25) is 5.02 Å². The lowest BCUT2D eigenvalue weighted by molar-refractivity contribution is -0.146. The van der Waals surface area contributed by atoms with Crippen LogP contribution in [-0.4, -0.2) is 54.6 Å². The van der Waals surface area contributed by atoms with Crippen molar-refractivity contribution in [3.63, 3.8) is 0 Å². The molecule has 5 unspecified atom stereocenters. The molecule has 1 saturated heterocycles. The average Bonchev–Trinajstić information content (AvgIpc) is 3.21. The van der Waals surface area contributed by atoms with Crippen LogP contribution in [0.1, 0.15) is 32.6 Å². The Morgan fingerprint density at radius 2 is 2.10 bits per heavy atom. The summed E-state index contributed by atoms with van der Waals surface area (Å²) in [5.74, 6) is 0.151. The summed E-state index contributed by atoms with van der Waals surface area (Å²) in [4.78, 5) is 32.4. The van der Waals surface area contributed by atoms with Gasteiger partial charge in [-0.2, -0.15) is 5.48 Å². The normalized spacial score (nSPS) is 32.3. The molecule has 1 heterocycles. The number of nitrogens with zero attached hydrogens (tertiary/aromatic N) is 1. The van der Waals surface area contributed by atoms with Gasteiger partial charge in [0.25, 0.3) is 11.8 Å². The molecule has 3 fully saturated rings. The zero-order chi connectivity index (χ0) is 21.4. The maximum atomic E-state index is 13.5. The number of hydroxylamine groups is 1. The van der Waals surface area contributed by atoms with Gasteiger partial charge in [-0.05, 0) is 50.2 Å². The molecule has 3 aliphatic rings. The Kier molecular flexibility index (Phi) is 6.18. The molecule has 30 heavy (non-hydrogen) atoms. The van der Waals surface area contributed by atoms with Gasteiger partial charge in [-0.15, -0.1) is 0 Å². The number of hydrogen-bond acceptors (Lipinski definition) is 5. The molecule has 1 aliphatic heterocycles. The van der Waals surface area contributed by atoms with Gasteiger partial charge < -0.3 is 15.0 Å². The van der Waals surface area contributed by atoms with Crippen molar-refractivity contribution in [2.24, 2.45) is 11.8 Å². The van der Waals surface area contributed by atoms with Gasteiger partial charge in [-0.3, -0.25) is 14.4 Å². The van der Waals surface area contributed by atoms with Crippen molar-refractivity contribution in [2.45, 2.75) is 56.8 Å². The van der Waals surface area contributed by atoms with Crippen LogP contribution < -0.4 is 15.5 Å². The van der Waals surface area contributed by atoms with Crippen molar-refractivity contribution in [2.75, 3.05) is 13.7 Å². The number of carbonyl (C=O) groups excluding carboxylic acids is 2. The van der Waals surface area contributed by atoms with E-state index >= 15 is 0 Å². The first-order valence-corrected chi connectivity index (χ1v) is 10.8. The number of carbonyl (C=O) groups is 2. The molecule has 1 aromatic rings. The fourth-order valence-corrected chi connectivity index (χ4v) is 4.99. The summed E-state index contributed by atoms with van der Waals surface area (Å²) in [7, 11) is 1.83. The predicted octanol–water partition coefficient (Wildman–Crippen LogP) is 2.28. The van der Waals surface area contributed by atoms with E-state index in [2.05, 4.69) is 10.8 Å². The monoisotopic (exact) mass is 439 g/mol. The van der Waals surface area contributed by atoms with Gasteiger partial charge in [0.05, 0.1) is 5.02 Å². The predicted molar refractivity (Wildman–Crippen MR) is 108 cm³/mol. The molecule has 4 rings (SSSR count). The molecule has 0 aromatic heterocycles. The number of halogens is 2. The lowest BCUT2D eigenvalue weighted by atomic mass is 9.73. The summed E-state index contributed by atoms with van der Waals surface area (Å²) < 4.78 is 18.9. The molecule has 7 nitrogen and oxygen atoms in total. The van der Waals surface area contributed by atoms with Crippen LogP contribution in [0.25, 0.3) is 0 Å². The Labute approximate surface area is 180 Å². The average molecular weight is 440 g/mol. The van der Waals surface area contributed by atoms with E-state index < -0.39 is 11.9 Å². The molecule has 9 heteroatoms. The number of benzene rings is 1. The van der Waals surface area contributed by atoms with Crippen LogP contribution in [0.4, 0.5) is 4.39 Å². The van der Waals surface area contributed by atoms with Crippen molar-refractivity contribution in [3.05, 3.63) is 29.0 Å². The summed E-state index contributed by atoms with van der Waals surface area (Å²) in [6.45, 7) is 1.78. The first-order chi connectivity index (χ1) is 14.3. The molecule has 2 N–H and O–H groups in total. The molecule has 2 amide bonds. The van der Waals surface area contributed by atoms with E-state index in [4.69, 9.17) is 21.2 Å². The minimum absolute atomic E-state index is 0.00333. The van der Waals surface area contributed by atoms with Crippen molar-refractivity contribution < 1.29 is 23.6 Å². The molecule has 2 saturated carbocycles. The molecule has 0 spiro atoms. The Balaban J connectivity index is 1.30. The summed E-state index contributed by atoms with van der Waals surface area (Å²) in [6, 6.07) is 4.32. The summed E-state index contributed by atoms with van der Waals surface area (Å²) in [6.07, 6.45) is 3.02. The summed E-state index contributed by atoms with van der Waals surface area (Å²) in [5, 5.41) is 3.05. The first-order valence-electron chi connectivity index (χ1n) is 10.4. The molecular weight excluding hydrogens is 413 g/mol. The highest BCUT2D eigenvalue weighted by molar-refractivity contribution is 6.30. The van der Waals surface area contributed by atoms with E-state index in [-0.39, 0.29) is 47.3 Å². The fourth-order valence-electron chi connectivity index (χ4n) is 4.87. The highest BCUT2D eigenvalue weighted by Gasteiger charge is 2.51. The zero-order valence-corrected chi connectivity index (χ0v) is 17.8. The van der Waals surface area contributed by atoms with Gasteiger partial charge in [0.2, 0.25) is 0 Å². The quantitative estimate of drug-likeness (QED) is 0.711. The smallest absolute Gasteiger partial charge is 0.258 e. The largest absolute Gasteiger partial charge is 0.484 e. The lowest BCUT2D eigenvalue weighted by Gasteiger charge is -2.39. The number of likely N-dealkylation sites (N-methyl/N-ethyl adjacent to an activating group) is 1. The number of hydrogen-bond donors (Lipinski definition) is 2. The number of rotatable bonds is 6. The standard InChI is InChI=1S/C21H27ClFN3O4/c1-11-7-19(30-25-11)21(28)26(2)18-9-17(13-4-5-14(13)18)24-20(27)10-29-12-3-6-15(22)16(23)8-12/h3,6,8,11,13-14,17-19,25H,4-5,7,9-10H2,1-2H3,(H,24,27)/t11?,13?,14?,17-,18?,19?/m0/s1. The lowest BCUT2D eigenvalue weighted by Crippen LogP contribution is -2.47. The van der Waals surface area contributed by atoms with Gasteiger partial charge in [-0.1, -0.05) is 11.6 Å². The van der Waals surface area contributed by atoms with Crippen LogP contribution >= 0.6 is 11.6 Å². The Hall–Kier alpha value is -1.90. The van der Waals surface area contributed by atoms with E-state index in [0.29, 0.717) is 24.7 Å². The highest BCUT2D eigenvalue weighted by atomic mass is 35.5. The van der Waals surface area contributed by atoms with E-state index in [1.807, 2.05) is 14.0 Å². The van der Waals surface area contributed by atoms with Gasteiger partial charge >= 0.3 is 0 Å². The van der Waals surface area contributed by atoms with Crippen LogP contribution in [0, 0.1) is 17.7 Å². The summed E-state index contributed by atoms with van der Waals surface area (Å²) in [5.41, 5.74) is 2.85. The third-order valence-corrected chi connectivity index (χ3v) is 6.90. The fraction of sp³-hybridized carbons (Fsp3) is 0.619. The van der Waals surface area contributed by atoms with Crippen LogP contribution in [0.5, 0.6) is 5.75 Å². The van der Waals surface area contributed by atoms with E-state index in [1.54, 1.807) is 4.90 Å². The van der Waals surface area contributed by atoms with E-state index in [9.17, 15) is 14.0 Å². The molecular formula is C21H27ClFN3O4. The van der Waals surface area contributed by atoms with Crippen LogP contribution in [-0.2, 0) is 14.4 Å². The van der Waals surface area contributed by atoms with Crippen LogP contribution in [0.3, 0.4) is 0 Å². The van der Waals surface area contributed by atoms with E-state index in [0.717, 1.165) is 18.9 Å². The topological polar surface area (TPSA) is 79.9 Å². The number of ether oxygens (including phenoxy) is 1. The van der Waals surface area contributed by atoms with Gasteiger partial charge in [0, 0.05) is 37.7 Å². The zero-order valence-electron chi connectivity index (χ0n) is 17.1. The Morgan fingerprint density at radius 3 is 2.73 bits per heavy atom. The highest BCUT2D eigenvalue weighted by Crippen LogP contribution is 2.49. The van der Waals surface area contributed by atoms with E-state index in [1.165, 1.54) is 12.1 Å². The van der Waals surface area contributed by atoms with Crippen molar-refractivity contribution in [1.29, 1.82) is 0 Å². The molecule has 6 atom stereocenters. The van der Waals surface area contributed by atoms with Gasteiger partial charge in [0.15, 0.2) is 12.7 Å². The van der Waals surface area contributed by atoms with Crippen LogP contribution in [0.15, 0.2) is 18.2 Å². The second-order valence-corrected chi connectivity index (χ2v) is 8.96. The third-order valence-electron chi connectivity index (χ3n) is 6.60. The molecule has 2 aliphatic carbocycles. The van der Waals surface area contributed by atoms with Gasteiger partial charge in [0.1, 0.15) is 11.6 Å². The number of fused-ring (bicyclic) bond motifs is 1. The van der Waals surface area contributed by atoms with Crippen molar-refractivity contribution >= 4 is 23.4 Å². The summed E-state index contributed by atoms with van der Waals surface area (Å²) >= 11 is 5.65. The number of nitrogens with one attached hydrogen (secondary N) is 2. The molecule has 0 radical (unpaired) electrons. The minimum Gasteiger partial charge on any atom is -0.484 e. The van der Waals surface area contributed by atoms with Crippen molar-refractivity contribution in [1.82, 2.24) is 15.7 Å². The maximum Gasteiger partial charge on any atom is 0.258 e. The Morgan fingerprint density at radius 1 is 1.33 bits per heavy atom. The minimum atomic E-state index is -0.589.